The predicted octanol–water partition coefficient (Wildman–Crippen LogP) is 3.21. The number of carbonyl (C=O) groups excluding carboxylic acids is 1. The number of benzene rings is 1. The molecule has 1 aromatic carbocycles. The fourth-order valence-electron chi connectivity index (χ4n) is 2.67. The summed E-state index contributed by atoms with van der Waals surface area (Å²) in [5.41, 5.74) is 3.36. The molecule has 0 saturated carbocycles. The molecule has 4 heteroatoms. The van der Waals surface area contributed by atoms with E-state index in [0.29, 0.717) is 0 Å². The molecule has 1 aliphatic rings. The Hall–Kier alpha value is -1.65. The minimum absolute atomic E-state index is 0.0503. The number of thiophene rings is 1. The molecule has 21 heavy (non-hydrogen) atoms. The fourth-order valence-corrected chi connectivity index (χ4v) is 3.49. The summed E-state index contributed by atoms with van der Waals surface area (Å²) in [6, 6.07) is 10.6. The van der Waals surface area contributed by atoms with Crippen LogP contribution >= 0.6 is 11.3 Å². The summed E-state index contributed by atoms with van der Waals surface area (Å²) in [5, 5.41) is 8.47. The van der Waals surface area contributed by atoms with Crippen molar-refractivity contribution in [2.75, 3.05) is 13.1 Å². The van der Waals surface area contributed by atoms with Crippen LogP contribution in [-0.2, 0) is 0 Å². The zero-order valence-electron chi connectivity index (χ0n) is 12.2. The van der Waals surface area contributed by atoms with Crippen LogP contribution in [0.5, 0.6) is 0 Å². The molecule has 0 spiro atoms. The van der Waals surface area contributed by atoms with E-state index in [0.717, 1.165) is 41.9 Å². The Morgan fingerprint density at radius 2 is 2.10 bits per heavy atom. The molecule has 3 rings (SSSR count). The van der Waals surface area contributed by atoms with E-state index < -0.39 is 0 Å². The Morgan fingerprint density at radius 3 is 2.81 bits per heavy atom. The van der Waals surface area contributed by atoms with Crippen molar-refractivity contribution < 1.29 is 4.79 Å². The topological polar surface area (TPSA) is 41.1 Å². The Bertz CT molecular complexity index is 612. The first-order valence-electron chi connectivity index (χ1n) is 7.40. The van der Waals surface area contributed by atoms with Gasteiger partial charge in [0.15, 0.2) is 0 Å². The van der Waals surface area contributed by atoms with Gasteiger partial charge in [0.1, 0.15) is 0 Å². The molecule has 0 bridgehead atoms. The highest BCUT2D eigenvalue weighted by Crippen LogP contribution is 2.28. The van der Waals surface area contributed by atoms with E-state index in [1.807, 2.05) is 11.4 Å². The second-order valence-electron chi connectivity index (χ2n) is 5.55. The lowest BCUT2D eigenvalue weighted by Gasteiger charge is -2.23. The maximum atomic E-state index is 12.5. The maximum Gasteiger partial charge on any atom is 0.262 e. The van der Waals surface area contributed by atoms with Crippen molar-refractivity contribution in [2.24, 2.45) is 0 Å². The number of nitrogens with one attached hydrogen (secondary N) is 2. The van der Waals surface area contributed by atoms with Gasteiger partial charge in [-0.15, -0.1) is 11.3 Å². The van der Waals surface area contributed by atoms with Gasteiger partial charge >= 0.3 is 0 Å². The molecule has 3 nitrogen and oxygen atoms in total. The summed E-state index contributed by atoms with van der Waals surface area (Å²) >= 11 is 1.51. The smallest absolute Gasteiger partial charge is 0.262 e. The van der Waals surface area contributed by atoms with Gasteiger partial charge in [-0.05, 0) is 43.3 Å². The predicted molar refractivity (Wildman–Crippen MR) is 87.8 cm³/mol. The number of rotatable bonds is 3. The van der Waals surface area contributed by atoms with Crippen molar-refractivity contribution in [1.82, 2.24) is 10.6 Å². The largest absolute Gasteiger partial charge is 0.347 e. The zero-order chi connectivity index (χ0) is 14.7. The summed E-state index contributed by atoms with van der Waals surface area (Å²) in [6.07, 6.45) is 2.18. The number of amides is 1. The van der Waals surface area contributed by atoms with Crippen molar-refractivity contribution in [2.45, 2.75) is 25.8 Å². The molecule has 1 fully saturated rings. The van der Waals surface area contributed by atoms with Gasteiger partial charge in [0.25, 0.3) is 5.91 Å². The molecule has 0 radical (unpaired) electrons. The zero-order valence-corrected chi connectivity index (χ0v) is 13.0. The first-order chi connectivity index (χ1) is 10.2. The molecule has 1 aliphatic heterocycles. The van der Waals surface area contributed by atoms with Gasteiger partial charge in [-0.2, -0.15) is 0 Å². The van der Waals surface area contributed by atoms with Crippen LogP contribution in [-0.4, -0.2) is 25.0 Å². The number of piperidine rings is 1. The third-order valence-corrected chi connectivity index (χ3v) is 4.78. The molecule has 1 atom stereocenters. The minimum atomic E-state index is 0.0503. The molecular formula is C17H20N2OS. The van der Waals surface area contributed by atoms with Crippen LogP contribution in [0.15, 0.2) is 35.7 Å². The number of aryl methyl sites for hydroxylation is 1. The van der Waals surface area contributed by atoms with Crippen LogP contribution in [0, 0.1) is 6.92 Å². The lowest BCUT2D eigenvalue weighted by atomic mass is 10.0. The van der Waals surface area contributed by atoms with E-state index in [1.165, 1.54) is 16.9 Å². The second-order valence-corrected chi connectivity index (χ2v) is 6.46. The number of carbonyl (C=O) groups is 1. The third-order valence-electron chi connectivity index (χ3n) is 3.87. The lowest BCUT2D eigenvalue weighted by molar-refractivity contribution is 0.0935. The summed E-state index contributed by atoms with van der Waals surface area (Å²) in [4.78, 5) is 13.3. The third kappa shape index (κ3) is 3.34. The highest BCUT2D eigenvalue weighted by Gasteiger charge is 2.19. The van der Waals surface area contributed by atoms with Gasteiger partial charge in [0, 0.05) is 18.2 Å². The van der Waals surface area contributed by atoms with E-state index in [1.54, 1.807) is 0 Å². The monoisotopic (exact) mass is 300 g/mol. The lowest BCUT2D eigenvalue weighted by Crippen LogP contribution is -2.45. The van der Waals surface area contributed by atoms with E-state index in [9.17, 15) is 4.79 Å². The van der Waals surface area contributed by atoms with Gasteiger partial charge in [0.2, 0.25) is 0 Å². The van der Waals surface area contributed by atoms with Gasteiger partial charge in [-0.3, -0.25) is 4.79 Å². The normalized spacial score (nSPS) is 18.4. The molecule has 1 saturated heterocycles. The molecule has 0 aliphatic carbocycles. The minimum Gasteiger partial charge on any atom is -0.347 e. The van der Waals surface area contributed by atoms with Gasteiger partial charge < -0.3 is 10.6 Å². The first kappa shape index (κ1) is 14.3. The van der Waals surface area contributed by atoms with Crippen molar-refractivity contribution in [3.05, 3.63) is 46.2 Å². The van der Waals surface area contributed by atoms with Crippen LogP contribution in [0.4, 0.5) is 0 Å². The van der Waals surface area contributed by atoms with Crippen LogP contribution in [0.3, 0.4) is 0 Å². The number of hydrogen-bond acceptors (Lipinski definition) is 3. The van der Waals surface area contributed by atoms with Crippen molar-refractivity contribution in [3.8, 4) is 11.1 Å². The Kier molecular flexibility index (Phi) is 4.36. The molecule has 2 aromatic rings. The first-order valence-corrected chi connectivity index (χ1v) is 8.28. The highest BCUT2D eigenvalue weighted by atomic mass is 32.1. The maximum absolute atomic E-state index is 12.5. The average molecular weight is 300 g/mol. The number of hydrogen-bond donors (Lipinski definition) is 2. The van der Waals surface area contributed by atoms with Crippen LogP contribution in [0.1, 0.15) is 28.1 Å². The van der Waals surface area contributed by atoms with E-state index in [-0.39, 0.29) is 11.9 Å². The van der Waals surface area contributed by atoms with E-state index in [4.69, 9.17) is 0 Å². The fraction of sp³-hybridized carbons (Fsp3) is 0.353. The molecule has 0 unspecified atom stereocenters. The SMILES string of the molecule is Cc1ccc(-c2ccsc2C(=O)N[C@H]2CCCNC2)cc1. The summed E-state index contributed by atoms with van der Waals surface area (Å²) in [7, 11) is 0. The van der Waals surface area contributed by atoms with Crippen LogP contribution in [0.2, 0.25) is 0 Å². The van der Waals surface area contributed by atoms with Crippen molar-refractivity contribution in [1.29, 1.82) is 0 Å². The second kappa shape index (κ2) is 6.41. The Labute approximate surface area is 129 Å². The molecule has 2 heterocycles. The summed E-state index contributed by atoms with van der Waals surface area (Å²) in [6.45, 7) is 4.00. The standard InChI is InChI=1S/C17H20N2OS/c1-12-4-6-13(7-5-12)15-8-10-21-16(15)17(20)19-14-3-2-9-18-11-14/h4-8,10,14,18H,2-3,9,11H2,1H3,(H,19,20)/t14-/m0/s1. The molecule has 1 amide bonds. The Balaban J connectivity index is 1.78. The molecule has 2 N–H and O–H groups in total. The van der Waals surface area contributed by atoms with Gasteiger partial charge in [-0.25, -0.2) is 0 Å². The van der Waals surface area contributed by atoms with Crippen LogP contribution in [0.25, 0.3) is 11.1 Å². The highest BCUT2D eigenvalue weighted by molar-refractivity contribution is 7.12. The molecule has 1 aromatic heterocycles. The van der Waals surface area contributed by atoms with Crippen LogP contribution < -0.4 is 10.6 Å². The summed E-state index contributed by atoms with van der Waals surface area (Å²) < 4.78 is 0. The van der Waals surface area contributed by atoms with Crippen molar-refractivity contribution >= 4 is 17.2 Å². The van der Waals surface area contributed by atoms with Gasteiger partial charge in [0.05, 0.1) is 4.88 Å². The van der Waals surface area contributed by atoms with E-state index >= 15 is 0 Å². The van der Waals surface area contributed by atoms with Gasteiger partial charge in [-0.1, -0.05) is 29.8 Å². The summed E-state index contributed by atoms with van der Waals surface area (Å²) in [5.74, 6) is 0.0503. The van der Waals surface area contributed by atoms with E-state index in [2.05, 4.69) is 41.8 Å². The molecule has 110 valence electrons. The quantitative estimate of drug-likeness (QED) is 0.914. The average Bonchev–Trinajstić information content (AvgIpc) is 2.98. The van der Waals surface area contributed by atoms with Crippen molar-refractivity contribution in [3.63, 3.8) is 0 Å². The Morgan fingerprint density at radius 1 is 1.29 bits per heavy atom. The molecular weight excluding hydrogens is 280 g/mol.